The van der Waals surface area contributed by atoms with Gasteiger partial charge in [-0.1, -0.05) is 8.96 Å². The summed E-state index contributed by atoms with van der Waals surface area (Å²) in [4.78, 5) is 0. The highest BCUT2D eigenvalue weighted by Crippen LogP contribution is 2.27. The van der Waals surface area contributed by atoms with Crippen LogP contribution in [0.3, 0.4) is 0 Å². The number of rotatable bonds is 3. The van der Waals surface area contributed by atoms with Crippen LogP contribution in [0.5, 0.6) is 0 Å². The molecule has 0 N–H and O–H groups in total. The fraction of sp³-hybridized carbons (Fsp3) is 1.00. The molecule has 0 aliphatic carbocycles. The third kappa shape index (κ3) is 2.90. The molecule has 0 rings (SSSR count). The van der Waals surface area contributed by atoms with Crippen molar-refractivity contribution in [3.05, 3.63) is 0 Å². The minimum Gasteiger partial charge on any atom is -0.210 e. The van der Waals surface area contributed by atoms with Gasteiger partial charge in [-0.3, -0.25) is 0 Å². The van der Waals surface area contributed by atoms with Crippen LogP contribution in [0.4, 0.5) is 26.5 Å². The van der Waals surface area contributed by atoms with Gasteiger partial charge in [-0.05, 0) is 0 Å². The molecule has 0 aromatic heterocycles. The first-order valence-electron chi connectivity index (χ1n) is 2.14. The van der Waals surface area contributed by atoms with Gasteiger partial charge in [0.1, 0.15) is 0 Å². The highest BCUT2D eigenvalue weighted by Gasteiger charge is 2.42. The van der Waals surface area contributed by atoms with Gasteiger partial charge in [0.25, 0.3) is 0 Å². The molecule has 0 atom stereocenters. The van der Waals surface area contributed by atoms with E-state index in [9.17, 15) is 26.5 Å². The Labute approximate surface area is 52.1 Å². The SMILES string of the molecule is FC(F)CC(F)(F)N(F)F. The zero-order chi connectivity index (χ0) is 8.36. The van der Waals surface area contributed by atoms with Gasteiger partial charge >= 0.3 is 6.05 Å². The van der Waals surface area contributed by atoms with Gasteiger partial charge in [-0.15, -0.1) is 0 Å². The third-order valence-electron chi connectivity index (χ3n) is 0.647. The monoisotopic (exact) mass is 167 g/mol. The van der Waals surface area contributed by atoms with Crippen molar-refractivity contribution in [1.29, 1.82) is 0 Å². The van der Waals surface area contributed by atoms with E-state index in [1.807, 2.05) is 0 Å². The van der Waals surface area contributed by atoms with Crippen molar-refractivity contribution >= 4 is 0 Å². The molecule has 1 nitrogen and oxygen atoms in total. The largest absolute Gasteiger partial charge is 0.363 e. The van der Waals surface area contributed by atoms with Crippen molar-refractivity contribution in [3.63, 3.8) is 0 Å². The molecule has 0 heterocycles. The Morgan fingerprint density at radius 3 is 1.70 bits per heavy atom. The molecule has 0 aliphatic rings. The lowest BCUT2D eigenvalue weighted by Crippen LogP contribution is -2.31. The molecule has 0 radical (unpaired) electrons. The Morgan fingerprint density at radius 2 is 1.60 bits per heavy atom. The van der Waals surface area contributed by atoms with Gasteiger partial charge in [0.15, 0.2) is 0 Å². The highest BCUT2D eigenvalue weighted by atomic mass is 19.4. The standard InChI is InChI=1S/C3H3F6N/c4-2(5)1-3(6,7)10(8)9/h2H,1H2. The van der Waals surface area contributed by atoms with Crippen molar-refractivity contribution < 1.29 is 26.5 Å². The van der Waals surface area contributed by atoms with E-state index in [0.717, 1.165) is 0 Å². The second kappa shape index (κ2) is 3.09. The van der Waals surface area contributed by atoms with Gasteiger partial charge < -0.3 is 0 Å². The van der Waals surface area contributed by atoms with Crippen LogP contribution in [-0.2, 0) is 0 Å². The molecule has 62 valence electrons. The smallest absolute Gasteiger partial charge is 0.210 e. The second-order valence-electron chi connectivity index (χ2n) is 1.49. The van der Waals surface area contributed by atoms with Gasteiger partial charge in [0, 0.05) is 0 Å². The first-order chi connectivity index (χ1) is 4.36. The quantitative estimate of drug-likeness (QED) is 0.354. The number of hydrogen-bond donors (Lipinski definition) is 0. The van der Waals surface area contributed by atoms with E-state index >= 15 is 0 Å². The Hall–Kier alpha value is -0.460. The number of nitrogens with zero attached hydrogens (tertiary/aromatic N) is 1. The lowest BCUT2D eigenvalue weighted by Gasteiger charge is -2.13. The number of hydrogen-bond acceptors (Lipinski definition) is 1. The van der Waals surface area contributed by atoms with Gasteiger partial charge in [-0.25, -0.2) is 8.78 Å². The molecule has 0 aromatic rings. The topological polar surface area (TPSA) is 3.24 Å². The van der Waals surface area contributed by atoms with Crippen LogP contribution in [0.25, 0.3) is 0 Å². The Kier molecular flexibility index (Phi) is 2.95. The summed E-state index contributed by atoms with van der Waals surface area (Å²) < 4.78 is 66.9. The normalized spacial score (nSPS) is 13.2. The molecule has 0 aromatic carbocycles. The average Bonchev–Trinajstić information content (AvgIpc) is 1.60. The molecular formula is C3H3F6N. The van der Waals surface area contributed by atoms with Crippen LogP contribution in [0.1, 0.15) is 6.42 Å². The van der Waals surface area contributed by atoms with Crippen molar-refractivity contribution in [2.75, 3.05) is 0 Å². The number of alkyl halides is 4. The highest BCUT2D eigenvalue weighted by molar-refractivity contribution is 4.57. The summed E-state index contributed by atoms with van der Waals surface area (Å²) in [6.07, 6.45) is -5.59. The maximum Gasteiger partial charge on any atom is 0.363 e. The van der Waals surface area contributed by atoms with Crippen LogP contribution in [-0.4, -0.2) is 17.8 Å². The van der Waals surface area contributed by atoms with E-state index in [4.69, 9.17) is 0 Å². The average molecular weight is 167 g/mol. The van der Waals surface area contributed by atoms with Crippen LogP contribution < -0.4 is 0 Å². The molecule has 0 spiro atoms. The molecule has 0 bridgehead atoms. The molecule has 0 fully saturated rings. The Bertz CT molecular complexity index is 101. The van der Waals surface area contributed by atoms with Gasteiger partial charge in [0.05, 0.1) is 11.8 Å². The zero-order valence-corrected chi connectivity index (χ0v) is 4.50. The van der Waals surface area contributed by atoms with Crippen molar-refractivity contribution in [1.82, 2.24) is 5.34 Å². The number of halogens is 6. The summed E-state index contributed by atoms with van der Waals surface area (Å²) in [7, 11) is 0. The molecular weight excluding hydrogens is 164 g/mol. The molecule has 0 saturated heterocycles. The minimum absolute atomic E-state index is 2.15. The summed E-state index contributed by atoms with van der Waals surface area (Å²) >= 11 is 0. The third-order valence-corrected chi connectivity index (χ3v) is 0.647. The fourth-order valence-electron chi connectivity index (χ4n) is 0.255. The maximum atomic E-state index is 11.5. The summed E-state index contributed by atoms with van der Waals surface area (Å²) in [6.45, 7) is 0. The van der Waals surface area contributed by atoms with Crippen LogP contribution >= 0.6 is 0 Å². The van der Waals surface area contributed by atoms with E-state index in [0.29, 0.717) is 0 Å². The lowest BCUT2D eigenvalue weighted by atomic mass is 10.4. The molecule has 7 heteroatoms. The van der Waals surface area contributed by atoms with E-state index in [2.05, 4.69) is 0 Å². The van der Waals surface area contributed by atoms with E-state index < -0.39 is 24.2 Å². The molecule has 10 heavy (non-hydrogen) atoms. The van der Waals surface area contributed by atoms with Gasteiger partial charge in [-0.2, -0.15) is 8.78 Å². The zero-order valence-electron chi connectivity index (χ0n) is 4.50. The lowest BCUT2D eigenvalue weighted by molar-refractivity contribution is -0.340. The van der Waals surface area contributed by atoms with E-state index in [1.54, 1.807) is 0 Å². The summed E-state index contributed by atoms with van der Waals surface area (Å²) in [5.41, 5.74) is 0. The van der Waals surface area contributed by atoms with Crippen molar-refractivity contribution in [3.8, 4) is 0 Å². The van der Waals surface area contributed by atoms with Crippen LogP contribution in [0.15, 0.2) is 0 Å². The predicted octanol–water partition coefficient (Wildman–Crippen LogP) is 2.31. The second-order valence-corrected chi connectivity index (χ2v) is 1.49. The fourth-order valence-corrected chi connectivity index (χ4v) is 0.255. The minimum atomic E-state index is -4.73. The summed E-state index contributed by atoms with van der Waals surface area (Å²) in [6, 6.07) is -4.73. The van der Waals surface area contributed by atoms with Crippen molar-refractivity contribution in [2.24, 2.45) is 0 Å². The predicted molar refractivity (Wildman–Crippen MR) is 19.6 cm³/mol. The van der Waals surface area contributed by atoms with Crippen LogP contribution in [0, 0.1) is 0 Å². The maximum absolute atomic E-state index is 11.5. The molecule has 0 unspecified atom stereocenters. The van der Waals surface area contributed by atoms with E-state index in [-0.39, 0.29) is 0 Å². The Morgan fingerprint density at radius 1 is 1.20 bits per heavy atom. The molecule has 0 amide bonds. The molecule has 0 saturated carbocycles. The first kappa shape index (κ1) is 9.54. The summed E-state index contributed by atoms with van der Waals surface area (Å²) in [5, 5.41) is -2.53. The van der Waals surface area contributed by atoms with Crippen LogP contribution in [0.2, 0.25) is 0 Å². The van der Waals surface area contributed by atoms with Gasteiger partial charge in [0.2, 0.25) is 6.43 Å². The first-order valence-corrected chi connectivity index (χ1v) is 2.14. The Balaban J connectivity index is 3.87. The van der Waals surface area contributed by atoms with Crippen molar-refractivity contribution in [2.45, 2.75) is 18.9 Å². The summed E-state index contributed by atoms with van der Waals surface area (Å²) in [5.74, 6) is 0. The van der Waals surface area contributed by atoms with E-state index in [1.165, 1.54) is 0 Å². The molecule has 0 aliphatic heterocycles.